The van der Waals surface area contributed by atoms with Crippen LogP contribution in [0.25, 0.3) is 0 Å². The molecule has 0 radical (unpaired) electrons. The van der Waals surface area contributed by atoms with E-state index >= 15 is 0 Å². The minimum Gasteiger partial charge on any atom is -0.383 e. The summed E-state index contributed by atoms with van der Waals surface area (Å²) in [5.74, 6) is 0.957. The second-order valence-electron chi connectivity index (χ2n) is 7.82. The van der Waals surface area contributed by atoms with Crippen LogP contribution < -0.4 is 0 Å². The number of hydrogen-bond acceptors (Lipinski definition) is 6. The Bertz CT molecular complexity index is 853. The zero-order valence-corrected chi connectivity index (χ0v) is 17.5. The molecule has 29 heavy (non-hydrogen) atoms. The van der Waals surface area contributed by atoms with Crippen molar-refractivity contribution < 1.29 is 9.53 Å². The first-order valence-corrected chi connectivity index (χ1v) is 10.5. The molecule has 0 N–H and O–H groups in total. The molecular weight excluding hydrogens is 392 g/mol. The van der Waals surface area contributed by atoms with Gasteiger partial charge in [0.05, 0.1) is 19.6 Å². The third-order valence-electron chi connectivity index (χ3n) is 6.01. The summed E-state index contributed by atoms with van der Waals surface area (Å²) in [5, 5.41) is 13.2. The number of halogens is 1. The molecule has 1 atom stereocenters. The summed E-state index contributed by atoms with van der Waals surface area (Å²) in [6, 6.07) is 7.50. The van der Waals surface area contributed by atoms with E-state index in [2.05, 4.69) is 20.4 Å². The average molecular weight is 419 g/mol. The van der Waals surface area contributed by atoms with E-state index in [-0.39, 0.29) is 11.4 Å². The zero-order valence-electron chi connectivity index (χ0n) is 16.8. The fraction of sp³-hybridized carbons (Fsp3) is 0.600. The molecule has 2 aromatic rings. The number of hydrogen-bond donors (Lipinski definition) is 0. The first-order valence-electron chi connectivity index (χ1n) is 10.2. The van der Waals surface area contributed by atoms with Crippen LogP contribution in [-0.4, -0.2) is 75.8 Å². The standard InChI is InChI=1S/C20H27ClN6O2/c1-29-12-11-27-19(22-23-24-27)20(26-8-2-3-9-26)7-10-25(15-20)18(28)14-16-5-4-6-17(21)13-16/h4-6,13H,2-3,7-12,14-15H2,1H3. The van der Waals surface area contributed by atoms with E-state index in [0.717, 1.165) is 43.7 Å². The maximum absolute atomic E-state index is 13.0. The third kappa shape index (κ3) is 4.15. The van der Waals surface area contributed by atoms with E-state index < -0.39 is 0 Å². The van der Waals surface area contributed by atoms with Gasteiger partial charge in [0, 0.05) is 25.2 Å². The number of ether oxygens (including phenoxy) is 1. The van der Waals surface area contributed by atoms with E-state index in [1.807, 2.05) is 33.8 Å². The lowest BCUT2D eigenvalue weighted by atomic mass is 9.95. The molecule has 8 nitrogen and oxygen atoms in total. The maximum Gasteiger partial charge on any atom is 0.227 e. The number of nitrogens with zero attached hydrogens (tertiary/aromatic N) is 6. The highest BCUT2D eigenvalue weighted by molar-refractivity contribution is 6.30. The lowest BCUT2D eigenvalue weighted by Gasteiger charge is -2.37. The Hall–Kier alpha value is -2.03. The Morgan fingerprint density at radius 3 is 2.86 bits per heavy atom. The summed E-state index contributed by atoms with van der Waals surface area (Å²) in [6.07, 6.45) is 3.52. The summed E-state index contributed by atoms with van der Waals surface area (Å²) in [5.41, 5.74) is 0.601. The molecule has 0 saturated carbocycles. The van der Waals surface area contributed by atoms with Gasteiger partial charge in [0.1, 0.15) is 5.54 Å². The normalized spacial score (nSPS) is 22.5. The van der Waals surface area contributed by atoms with E-state index in [4.69, 9.17) is 16.3 Å². The largest absolute Gasteiger partial charge is 0.383 e. The molecule has 1 aromatic carbocycles. The monoisotopic (exact) mass is 418 g/mol. The molecule has 4 rings (SSSR count). The highest BCUT2D eigenvalue weighted by Gasteiger charge is 2.50. The number of aromatic nitrogens is 4. The number of carbonyl (C=O) groups is 1. The number of tetrazole rings is 1. The number of carbonyl (C=O) groups excluding carboxylic acids is 1. The van der Waals surface area contributed by atoms with Crippen molar-refractivity contribution in [3.63, 3.8) is 0 Å². The molecule has 0 spiro atoms. The van der Waals surface area contributed by atoms with E-state index in [1.165, 1.54) is 0 Å². The van der Waals surface area contributed by atoms with Gasteiger partial charge < -0.3 is 9.64 Å². The number of amides is 1. The van der Waals surface area contributed by atoms with Crippen molar-refractivity contribution in [1.29, 1.82) is 0 Å². The van der Waals surface area contributed by atoms with Gasteiger partial charge in [-0.05, 0) is 60.5 Å². The molecule has 1 unspecified atom stereocenters. The lowest BCUT2D eigenvalue weighted by Crippen LogP contribution is -2.49. The van der Waals surface area contributed by atoms with Crippen LogP contribution >= 0.6 is 11.6 Å². The second-order valence-corrected chi connectivity index (χ2v) is 8.25. The van der Waals surface area contributed by atoms with Crippen LogP contribution in [0, 0.1) is 0 Å². The topological polar surface area (TPSA) is 76.4 Å². The second kappa shape index (κ2) is 8.77. The van der Waals surface area contributed by atoms with Crippen molar-refractivity contribution >= 4 is 17.5 Å². The van der Waals surface area contributed by atoms with Crippen molar-refractivity contribution in [3.05, 3.63) is 40.7 Å². The van der Waals surface area contributed by atoms with Crippen molar-refractivity contribution in [2.75, 3.05) is 39.9 Å². The van der Waals surface area contributed by atoms with Gasteiger partial charge in [-0.1, -0.05) is 23.7 Å². The molecule has 0 aliphatic carbocycles. The fourth-order valence-corrected chi connectivity index (χ4v) is 4.75. The molecular formula is C20H27ClN6O2. The van der Waals surface area contributed by atoms with Crippen LogP contribution in [0.4, 0.5) is 0 Å². The number of rotatable bonds is 7. The minimum atomic E-state index is -0.336. The first kappa shape index (κ1) is 20.3. The number of likely N-dealkylation sites (tertiary alicyclic amines) is 2. The first-order chi connectivity index (χ1) is 14.1. The molecule has 0 bridgehead atoms. The summed E-state index contributed by atoms with van der Waals surface area (Å²) in [7, 11) is 1.67. The zero-order chi connectivity index (χ0) is 20.3. The molecule has 9 heteroatoms. The van der Waals surface area contributed by atoms with Gasteiger partial charge in [0.25, 0.3) is 0 Å². The van der Waals surface area contributed by atoms with Gasteiger partial charge in [-0.3, -0.25) is 9.69 Å². The van der Waals surface area contributed by atoms with Crippen LogP contribution in [0.1, 0.15) is 30.7 Å². The Balaban J connectivity index is 1.56. The van der Waals surface area contributed by atoms with Crippen LogP contribution in [0.3, 0.4) is 0 Å². The van der Waals surface area contributed by atoms with Crippen LogP contribution in [-0.2, 0) is 28.0 Å². The number of methoxy groups -OCH3 is 1. The van der Waals surface area contributed by atoms with Crippen molar-refractivity contribution in [2.45, 2.75) is 37.8 Å². The Labute approximate surface area is 175 Å². The number of benzene rings is 1. The molecule has 2 fully saturated rings. The third-order valence-corrected chi connectivity index (χ3v) is 6.25. The fourth-order valence-electron chi connectivity index (χ4n) is 4.53. The summed E-state index contributed by atoms with van der Waals surface area (Å²) < 4.78 is 7.06. The van der Waals surface area contributed by atoms with Gasteiger partial charge in [0.15, 0.2) is 5.82 Å². The van der Waals surface area contributed by atoms with Gasteiger partial charge >= 0.3 is 0 Å². The van der Waals surface area contributed by atoms with Gasteiger partial charge in [-0.15, -0.1) is 5.10 Å². The smallest absolute Gasteiger partial charge is 0.227 e. The molecule has 1 aromatic heterocycles. The van der Waals surface area contributed by atoms with Crippen LogP contribution in [0.5, 0.6) is 0 Å². The van der Waals surface area contributed by atoms with Crippen molar-refractivity contribution in [1.82, 2.24) is 30.0 Å². The van der Waals surface area contributed by atoms with Gasteiger partial charge in [0.2, 0.25) is 5.91 Å². The molecule has 2 saturated heterocycles. The molecule has 1 amide bonds. The predicted octanol–water partition coefficient (Wildman–Crippen LogP) is 1.74. The molecule has 3 heterocycles. The average Bonchev–Trinajstić information content (AvgIpc) is 3.46. The lowest BCUT2D eigenvalue weighted by molar-refractivity contribution is -0.130. The Morgan fingerprint density at radius 1 is 1.28 bits per heavy atom. The SMILES string of the molecule is COCCn1nnnc1C1(N2CCCC2)CCN(C(=O)Cc2cccc(Cl)c2)C1. The van der Waals surface area contributed by atoms with Gasteiger partial charge in [-0.2, -0.15) is 0 Å². The summed E-state index contributed by atoms with van der Waals surface area (Å²) in [4.78, 5) is 17.5. The Morgan fingerprint density at radius 2 is 2.10 bits per heavy atom. The van der Waals surface area contributed by atoms with Crippen molar-refractivity contribution in [3.8, 4) is 0 Å². The highest BCUT2D eigenvalue weighted by atomic mass is 35.5. The van der Waals surface area contributed by atoms with E-state index in [1.54, 1.807) is 7.11 Å². The molecule has 2 aliphatic rings. The Kier molecular flexibility index (Phi) is 6.12. The molecule has 2 aliphatic heterocycles. The molecule has 156 valence electrons. The quantitative estimate of drug-likeness (QED) is 0.681. The predicted molar refractivity (Wildman–Crippen MR) is 109 cm³/mol. The summed E-state index contributed by atoms with van der Waals surface area (Å²) in [6.45, 7) is 4.48. The van der Waals surface area contributed by atoms with Crippen LogP contribution in [0.2, 0.25) is 5.02 Å². The van der Waals surface area contributed by atoms with Crippen LogP contribution in [0.15, 0.2) is 24.3 Å². The minimum absolute atomic E-state index is 0.115. The van der Waals surface area contributed by atoms with E-state index in [9.17, 15) is 4.79 Å². The maximum atomic E-state index is 13.0. The highest BCUT2D eigenvalue weighted by Crippen LogP contribution is 2.39. The van der Waals surface area contributed by atoms with Gasteiger partial charge in [-0.25, -0.2) is 4.68 Å². The summed E-state index contributed by atoms with van der Waals surface area (Å²) >= 11 is 6.08. The van der Waals surface area contributed by atoms with Crippen molar-refractivity contribution in [2.24, 2.45) is 0 Å². The van der Waals surface area contributed by atoms with E-state index in [0.29, 0.717) is 37.7 Å².